The summed E-state index contributed by atoms with van der Waals surface area (Å²) in [5.41, 5.74) is 0.462. The fourth-order valence-corrected chi connectivity index (χ4v) is 4.88. The highest BCUT2D eigenvalue weighted by Gasteiger charge is 2.44. The van der Waals surface area contributed by atoms with E-state index in [9.17, 15) is 14.7 Å². The Morgan fingerprint density at radius 1 is 0.944 bits per heavy atom. The highest BCUT2D eigenvalue weighted by atomic mass is 35.5. The highest BCUT2D eigenvalue weighted by molar-refractivity contribution is 6.19. The van der Waals surface area contributed by atoms with Gasteiger partial charge in [0.1, 0.15) is 5.60 Å². The van der Waals surface area contributed by atoms with Crippen molar-refractivity contribution in [3.63, 3.8) is 0 Å². The van der Waals surface area contributed by atoms with Crippen molar-refractivity contribution >= 4 is 23.5 Å². The van der Waals surface area contributed by atoms with E-state index in [-0.39, 0.29) is 18.8 Å². The maximum Gasteiger partial charge on any atom is 0.326 e. The summed E-state index contributed by atoms with van der Waals surface area (Å²) >= 11 is 5.97. The molecule has 0 aliphatic heterocycles. The molecular formula is C29H40ClNO5. The van der Waals surface area contributed by atoms with Crippen LogP contribution in [0.15, 0.2) is 60.7 Å². The van der Waals surface area contributed by atoms with Gasteiger partial charge in [-0.3, -0.25) is 9.59 Å². The van der Waals surface area contributed by atoms with Crippen molar-refractivity contribution in [2.45, 2.75) is 69.6 Å². The third-order valence-corrected chi connectivity index (χ3v) is 6.61. The van der Waals surface area contributed by atoms with Gasteiger partial charge in [-0.25, -0.2) is 0 Å². The van der Waals surface area contributed by atoms with Gasteiger partial charge in [-0.1, -0.05) is 87.4 Å². The van der Waals surface area contributed by atoms with Crippen LogP contribution in [-0.2, 0) is 24.7 Å². The van der Waals surface area contributed by atoms with Crippen LogP contribution in [0.1, 0.15) is 69.4 Å². The maximum absolute atomic E-state index is 12.7. The molecule has 0 aliphatic carbocycles. The van der Waals surface area contributed by atoms with Crippen molar-refractivity contribution in [3.05, 3.63) is 71.8 Å². The molecule has 6 nitrogen and oxygen atoms in total. The Morgan fingerprint density at radius 2 is 1.50 bits per heavy atom. The molecule has 2 aromatic carbocycles. The molecule has 0 fully saturated rings. The quantitative estimate of drug-likeness (QED) is 0.139. The standard InChI is InChI=1S/C29H40ClNO5/c1-5-6-9-18-26(32)35-28(30)36-27(33)20-19-25(23-14-10-7-11-15-23)29(34,22(2)21-31(3)4)24-16-12-8-13-17-24/h7-8,10-17,22,25,28,34H,5-6,9,18-21H2,1-4H3. The number of rotatable bonds is 15. The molecule has 4 unspecified atom stereocenters. The second-order valence-corrected chi connectivity index (χ2v) is 9.92. The van der Waals surface area contributed by atoms with Crippen LogP contribution in [0.5, 0.6) is 0 Å². The normalized spacial score (nSPS) is 15.5. The first-order chi connectivity index (χ1) is 17.2. The van der Waals surface area contributed by atoms with E-state index >= 15 is 0 Å². The van der Waals surface area contributed by atoms with E-state index < -0.39 is 29.2 Å². The minimum atomic E-state index is -1.47. The Balaban J connectivity index is 2.21. The average molecular weight is 518 g/mol. The van der Waals surface area contributed by atoms with E-state index in [0.717, 1.165) is 24.0 Å². The molecule has 2 rings (SSSR count). The molecule has 7 heteroatoms. The van der Waals surface area contributed by atoms with Crippen molar-refractivity contribution in [2.75, 3.05) is 20.6 Å². The Hall–Kier alpha value is -2.41. The fraction of sp³-hybridized carbons (Fsp3) is 0.517. The van der Waals surface area contributed by atoms with Gasteiger partial charge in [-0.05, 0) is 49.7 Å². The number of ether oxygens (including phenoxy) is 2. The van der Waals surface area contributed by atoms with Crippen molar-refractivity contribution in [1.82, 2.24) is 4.90 Å². The number of carbonyl (C=O) groups is 2. The fourth-order valence-electron chi connectivity index (χ4n) is 4.68. The van der Waals surface area contributed by atoms with Gasteiger partial charge in [-0.15, -0.1) is 0 Å². The number of halogens is 1. The molecule has 0 amide bonds. The largest absolute Gasteiger partial charge is 0.411 e. The number of hydrogen-bond acceptors (Lipinski definition) is 6. The molecule has 2 aromatic rings. The van der Waals surface area contributed by atoms with Crippen LogP contribution in [0.4, 0.5) is 0 Å². The van der Waals surface area contributed by atoms with Gasteiger partial charge in [0.05, 0.1) is 0 Å². The summed E-state index contributed by atoms with van der Waals surface area (Å²) < 4.78 is 10.2. The zero-order valence-electron chi connectivity index (χ0n) is 21.9. The van der Waals surface area contributed by atoms with Crippen molar-refractivity contribution < 1.29 is 24.2 Å². The Bertz CT molecular complexity index is 924. The second kappa shape index (κ2) is 15.0. The molecule has 4 atom stereocenters. The molecule has 0 aliphatic rings. The van der Waals surface area contributed by atoms with Crippen molar-refractivity contribution in [3.8, 4) is 0 Å². The van der Waals surface area contributed by atoms with E-state index in [1.807, 2.05) is 93.5 Å². The summed E-state index contributed by atoms with van der Waals surface area (Å²) in [6.45, 7) is 4.71. The van der Waals surface area contributed by atoms with E-state index in [2.05, 4.69) is 0 Å². The van der Waals surface area contributed by atoms with Gasteiger partial charge >= 0.3 is 17.7 Å². The molecule has 0 aromatic heterocycles. The SMILES string of the molecule is CCCCCC(=O)OC(Cl)OC(=O)CCC(c1ccccc1)C(O)(c1ccccc1)C(C)CN(C)C. The van der Waals surface area contributed by atoms with E-state index in [1.54, 1.807) is 0 Å². The molecular weight excluding hydrogens is 478 g/mol. The van der Waals surface area contributed by atoms with Crippen molar-refractivity contribution in [1.29, 1.82) is 0 Å². The summed E-state index contributed by atoms with van der Waals surface area (Å²) in [6, 6.07) is 19.3. The number of nitrogens with zero attached hydrogens (tertiary/aromatic N) is 1. The predicted molar refractivity (Wildman–Crippen MR) is 142 cm³/mol. The van der Waals surface area contributed by atoms with Gasteiger partial charge in [-0.2, -0.15) is 0 Å². The number of unbranched alkanes of at least 4 members (excludes halogenated alkanes) is 2. The lowest BCUT2D eigenvalue weighted by molar-refractivity contribution is -0.174. The van der Waals surface area contributed by atoms with E-state index in [4.69, 9.17) is 21.1 Å². The second-order valence-electron chi connectivity index (χ2n) is 9.57. The smallest absolute Gasteiger partial charge is 0.326 e. The maximum atomic E-state index is 12.7. The number of benzene rings is 2. The van der Waals surface area contributed by atoms with Gasteiger partial charge in [0.15, 0.2) is 0 Å². The Labute approximate surface area is 220 Å². The zero-order valence-corrected chi connectivity index (χ0v) is 22.6. The van der Waals surface area contributed by atoms with E-state index in [1.165, 1.54) is 0 Å². The van der Waals surface area contributed by atoms with E-state index in [0.29, 0.717) is 19.4 Å². The molecule has 0 saturated carbocycles. The summed E-state index contributed by atoms with van der Waals surface area (Å²) in [7, 11) is 3.95. The van der Waals surface area contributed by atoms with Crippen LogP contribution in [0.2, 0.25) is 0 Å². The first kappa shape index (κ1) is 29.8. The number of esters is 2. The van der Waals surface area contributed by atoms with Crippen LogP contribution in [0.3, 0.4) is 0 Å². The van der Waals surface area contributed by atoms with Crippen LogP contribution >= 0.6 is 11.6 Å². The molecule has 36 heavy (non-hydrogen) atoms. The molecule has 0 saturated heterocycles. The first-order valence-corrected chi connectivity index (χ1v) is 13.1. The highest BCUT2D eigenvalue weighted by Crippen LogP contribution is 2.45. The monoisotopic (exact) mass is 517 g/mol. The lowest BCUT2D eigenvalue weighted by atomic mass is 9.68. The lowest BCUT2D eigenvalue weighted by Gasteiger charge is -2.43. The zero-order chi connectivity index (χ0) is 26.6. The number of hydrogen-bond donors (Lipinski definition) is 1. The van der Waals surface area contributed by atoms with Gasteiger partial charge < -0.3 is 19.5 Å². The third kappa shape index (κ3) is 8.91. The molecule has 198 valence electrons. The van der Waals surface area contributed by atoms with Gasteiger partial charge in [0.25, 0.3) is 0 Å². The van der Waals surface area contributed by atoms with Gasteiger partial charge in [0.2, 0.25) is 0 Å². The van der Waals surface area contributed by atoms with Crippen LogP contribution < -0.4 is 0 Å². The predicted octanol–water partition coefficient (Wildman–Crippen LogP) is 5.83. The Kier molecular flexibility index (Phi) is 12.4. The van der Waals surface area contributed by atoms with Crippen LogP contribution in [0, 0.1) is 5.92 Å². The summed E-state index contributed by atoms with van der Waals surface area (Å²) in [5, 5.41) is 12.4. The summed E-state index contributed by atoms with van der Waals surface area (Å²) in [6.07, 6.45) is 3.16. The lowest BCUT2D eigenvalue weighted by Crippen LogP contribution is -2.44. The number of alkyl halides is 1. The van der Waals surface area contributed by atoms with Crippen LogP contribution in [0.25, 0.3) is 0 Å². The summed E-state index contributed by atoms with van der Waals surface area (Å²) in [5.74, 6) is -3.10. The molecule has 0 spiro atoms. The minimum Gasteiger partial charge on any atom is -0.411 e. The molecule has 0 bridgehead atoms. The number of carbonyl (C=O) groups excluding carboxylic acids is 2. The molecule has 1 N–H and O–H groups in total. The molecule has 0 radical (unpaired) electrons. The van der Waals surface area contributed by atoms with Gasteiger partial charge in [0, 0.05) is 31.2 Å². The third-order valence-electron chi connectivity index (χ3n) is 6.43. The Morgan fingerprint density at radius 3 is 2.06 bits per heavy atom. The summed E-state index contributed by atoms with van der Waals surface area (Å²) in [4.78, 5) is 26.6. The number of aliphatic hydroxyl groups is 1. The first-order valence-electron chi connectivity index (χ1n) is 12.7. The van der Waals surface area contributed by atoms with Crippen molar-refractivity contribution in [2.24, 2.45) is 5.92 Å². The topological polar surface area (TPSA) is 76.1 Å². The molecule has 0 heterocycles. The minimum absolute atomic E-state index is 0.00000596. The van der Waals surface area contributed by atoms with Crippen LogP contribution in [-0.4, -0.2) is 48.3 Å². The average Bonchev–Trinajstić information content (AvgIpc) is 2.84.